The van der Waals surface area contributed by atoms with Crippen molar-refractivity contribution < 1.29 is 9.78 Å². The van der Waals surface area contributed by atoms with Gasteiger partial charge in [-0.1, -0.05) is 0 Å². The zero-order valence-electron chi connectivity index (χ0n) is 2.47. The van der Waals surface area contributed by atoms with Gasteiger partial charge in [0.1, 0.15) is 0 Å². The van der Waals surface area contributed by atoms with Crippen molar-refractivity contribution in [3.05, 3.63) is 0 Å². The van der Waals surface area contributed by atoms with Gasteiger partial charge in [-0.15, -0.1) is 0 Å². The molecular weight excluding hydrogens is 72.0 g/mol. The first kappa shape index (κ1) is 3.05. The lowest BCUT2D eigenvalue weighted by Gasteiger charge is -1.76. The minimum absolute atomic E-state index is 1.25. The molecule has 30 valence electrons. The van der Waals surface area contributed by atoms with E-state index >= 15 is 0 Å². The Balaban J connectivity index is 2.38. The summed E-state index contributed by atoms with van der Waals surface area (Å²) >= 11 is 0. The molecule has 0 saturated carbocycles. The average molecular weight is 76.1 g/mol. The lowest BCUT2D eigenvalue weighted by atomic mass is 11.0. The van der Waals surface area contributed by atoms with Crippen LogP contribution in [-0.2, 0) is 9.78 Å². The van der Waals surface area contributed by atoms with Gasteiger partial charge in [0, 0.05) is 0 Å². The predicted octanol–water partition coefficient (Wildman–Crippen LogP) is -1.52. The van der Waals surface area contributed by atoms with Crippen LogP contribution in [0.4, 0.5) is 0 Å². The topological polar surface area (TPSA) is 77.1 Å². The van der Waals surface area contributed by atoms with Crippen molar-refractivity contribution in [1.29, 1.82) is 0 Å². The molecule has 0 unspecified atom stereocenters. The van der Waals surface area contributed by atoms with Crippen LogP contribution in [0.3, 0.4) is 0 Å². The monoisotopic (exact) mass is 76.0 g/mol. The zero-order chi connectivity index (χ0) is 3.91. The molecule has 1 saturated heterocycles. The van der Waals surface area contributed by atoms with E-state index in [0.717, 1.165) is 0 Å². The van der Waals surface area contributed by atoms with Crippen LogP contribution in [0, 0.1) is 0 Å². The van der Waals surface area contributed by atoms with Gasteiger partial charge in [0.2, 0.25) is 0 Å². The van der Waals surface area contributed by atoms with Gasteiger partial charge in [-0.2, -0.15) is 9.78 Å². The molecule has 0 bridgehead atoms. The second kappa shape index (κ2) is 0.504. The van der Waals surface area contributed by atoms with E-state index in [4.69, 9.17) is 11.5 Å². The van der Waals surface area contributed by atoms with Crippen LogP contribution >= 0.6 is 0 Å². The van der Waals surface area contributed by atoms with Gasteiger partial charge in [-0.3, -0.25) is 11.5 Å². The predicted molar refractivity (Wildman–Crippen MR) is 13.3 cm³/mol. The SMILES string of the molecule is NC1(N)OO1. The molecule has 1 aliphatic heterocycles. The van der Waals surface area contributed by atoms with E-state index in [0.29, 0.717) is 0 Å². The maximum absolute atomic E-state index is 4.80. The first-order valence-electron chi connectivity index (χ1n) is 1.15. The van der Waals surface area contributed by atoms with Crippen LogP contribution in [0.25, 0.3) is 0 Å². The van der Waals surface area contributed by atoms with Crippen LogP contribution in [-0.4, -0.2) is 6.03 Å². The Kier molecular flexibility index (Phi) is 0.307. The van der Waals surface area contributed by atoms with Crippen molar-refractivity contribution in [2.24, 2.45) is 11.5 Å². The van der Waals surface area contributed by atoms with Crippen molar-refractivity contribution in [3.8, 4) is 0 Å². The van der Waals surface area contributed by atoms with Crippen LogP contribution in [0.2, 0.25) is 0 Å². The maximum Gasteiger partial charge on any atom is 0.343 e. The average Bonchev–Trinajstić information content (AvgIpc) is 1.76. The minimum atomic E-state index is -1.25. The summed E-state index contributed by atoms with van der Waals surface area (Å²) < 4.78 is 0. The number of nitrogens with two attached hydrogens (primary N) is 2. The molecule has 0 amide bonds. The fraction of sp³-hybridized carbons (Fsp3) is 1.00. The first-order valence-corrected chi connectivity index (χ1v) is 1.15. The first-order chi connectivity index (χ1) is 2.21. The van der Waals surface area contributed by atoms with E-state index in [9.17, 15) is 0 Å². The van der Waals surface area contributed by atoms with Crippen molar-refractivity contribution in [2.45, 2.75) is 6.03 Å². The number of rotatable bonds is 0. The van der Waals surface area contributed by atoms with Crippen LogP contribution in [0.15, 0.2) is 0 Å². The van der Waals surface area contributed by atoms with Gasteiger partial charge in [0.05, 0.1) is 0 Å². The fourth-order valence-corrected chi connectivity index (χ4v) is 0.0481. The summed E-state index contributed by atoms with van der Waals surface area (Å²) in [7, 11) is 0. The third kappa shape index (κ3) is 0.555. The highest BCUT2D eigenvalue weighted by Gasteiger charge is 2.39. The molecule has 5 heavy (non-hydrogen) atoms. The molecule has 0 radical (unpaired) electrons. The third-order valence-electron chi connectivity index (χ3n) is 0.276. The molecule has 4 N–H and O–H groups in total. The molecular formula is CH4N2O2. The van der Waals surface area contributed by atoms with Crippen molar-refractivity contribution >= 4 is 0 Å². The lowest BCUT2D eigenvalue weighted by Crippen LogP contribution is -2.33. The second-order valence-electron chi connectivity index (χ2n) is 0.888. The molecule has 1 rings (SSSR count). The maximum atomic E-state index is 4.80. The normalized spacial score (nSPS) is 30.0. The summed E-state index contributed by atoms with van der Waals surface area (Å²) in [6.45, 7) is 0. The summed E-state index contributed by atoms with van der Waals surface area (Å²) in [5.74, 6) is 0. The van der Waals surface area contributed by atoms with E-state index in [1.54, 1.807) is 0 Å². The molecule has 1 heterocycles. The molecule has 0 aromatic rings. The summed E-state index contributed by atoms with van der Waals surface area (Å²) in [4.78, 5) is 7.90. The molecule has 0 aromatic carbocycles. The van der Waals surface area contributed by atoms with E-state index in [1.165, 1.54) is 0 Å². The van der Waals surface area contributed by atoms with Gasteiger partial charge < -0.3 is 0 Å². The van der Waals surface area contributed by atoms with E-state index in [1.807, 2.05) is 0 Å². The van der Waals surface area contributed by atoms with Crippen molar-refractivity contribution in [2.75, 3.05) is 0 Å². The summed E-state index contributed by atoms with van der Waals surface area (Å²) in [5, 5.41) is 0. The van der Waals surface area contributed by atoms with Crippen molar-refractivity contribution in [3.63, 3.8) is 0 Å². The highest BCUT2D eigenvalue weighted by atomic mass is 17.4. The number of hydrogen-bond donors (Lipinski definition) is 2. The van der Waals surface area contributed by atoms with Gasteiger partial charge in [-0.25, -0.2) is 0 Å². The Hall–Kier alpha value is -0.160. The molecule has 1 aliphatic rings. The molecule has 0 atom stereocenters. The Morgan fingerprint density at radius 2 is 1.40 bits per heavy atom. The summed E-state index contributed by atoms with van der Waals surface area (Å²) in [6, 6.07) is -1.25. The Labute approximate surface area is 28.6 Å². The van der Waals surface area contributed by atoms with Crippen LogP contribution < -0.4 is 11.5 Å². The smallest absolute Gasteiger partial charge is 0.262 e. The van der Waals surface area contributed by atoms with E-state index in [-0.39, 0.29) is 0 Å². The molecule has 4 nitrogen and oxygen atoms in total. The molecule has 0 aliphatic carbocycles. The third-order valence-corrected chi connectivity index (χ3v) is 0.276. The van der Waals surface area contributed by atoms with Crippen LogP contribution in [0.1, 0.15) is 0 Å². The minimum Gasteiger partial charge on any atom is -0.262 e. The van der Waals surface area contributed by atoms with Crippen molar-refractivity contribution in [1.82, 2.24) is 0 Å². The summed E-state index contributed by atoms with van der Waals surface area (Å²) in [5.41, 5.74) is 9.60. The highest BCUT2D eigenvalue weighted by Crippen LogP contribution is 2.12. The molecule has 0 aromatic heterocycles. The Morgan fingerprint density at radius 1 is 1.20 bits per heavy atom. The highest BCUT2D eigenvalue weighted by molar-refractivity contribution is 4.47. The zero-order valence-corrected chi connectivity index (χ0v) is 2.47. The summed E-state index contributed by atoms with van der Waals surface area (Å²) in [6.07, 6.45) is 0. The Bertz CT molecular complexity index is 45.6. The van der Waals surface area contributed by atoms with E-state index in [2.05, 4.69) is 9.78 Å². The van der Waals surface area contributed by atoms with Gasteiger partial charge in [0.25, 0.3) is 0 Å². The molecule has 0 spiro atoms. The molecule has 1 fully saturated rings. The standard InChI is InChI=1S/CH4N2O2/c2-1(3)4-5-1/h2-3H2. The van der Waals surface area contributed by atoms with E-state index < -0.39 is 6.03 Å². The lowest BCUT2D eigenvalue weighted by molar-refractivity contribution is 0.0850. The van der Waals surface area contributed by atoms with Gasteiger partial charge in [-0.05, 0) is 0 Å². The number of hydrogen-bond acceptors (Lipinski definition) is 4. The van der Waals surface area contributed by atoms with Gasteiger partial charge in [0.15, 0.2) is 0 Å². The largest absolute Gasteiger partial charge is 0.343 e. The molecule has 4 heteroatoms. The van der Waals surface area contributed by atoms with Crippen LogP contribution in [0.5, 0.6) is 0 Å². The second-order valence-corrected chi connectivity index (χ2v) is 0.888. The quantitative estimate of drug-likeness (QED) is 0.208. The Morgan fingerprint density at radius 3 is 1.40 bits per heavy atom. The fourth-order valence-electron chi connectivity index (χ4n) is 0.0481. The van der Waals surface area contributed by atoms with Gasteiger partial charge >= 0.3 is 6.03 Å².